The highest BCUT2D eigenvalue weighted by molar-refractivity contribution is 5.29. The van der Waals surface area contributed by atoms with Crippen LogP contribution in [0.3, 0.4) is 0 Å². The van der Waals surface area contributed by atoms with Gasteiger partial charge in [-0.15, -0.1) is 0 Å². The Hall–Kier alpha value is -1.13. The number of nitrogens with zero attached hydrogens (tertiary/aromatic N) is 2. The summed E-state index contributed by atoms with van der Waals surface area (Å²) in [6.45, 7) is 6.31. The smallest absolute Gasteiger partial charge is 0.127 e. The lowest BCUT2D eigenvalue weighted by Gasteiger charge is -2.42. The third kappa shape index (κ3) is 2.67. The molecule has 0 aromatic heterocycles. The molecule has 2 fully saturated rings. The summed E-state index contributed by atoms with van der Waals surface area (Å²) in [5, 5.41) is 0. The zero-order chi connectivity index (χ0) is 14.1. The lowest BCUT2D eigenvalue weighted by molar-refractivity contribution is 0.0532. The van der Waals surface area contributed by atoms with Crippen molar-refractivity contribution >= 4 is 0 Å². The Morgan fingerprint density at radius 2 is 2.20 bits per heavy atom. The number of piperazine rings is 1. The molecule has 2 heterocycles. The van der Waals surface area contributed by atoms with Gasteiger partial charge in [0.05, 0.1) is 7.11 Å². The van der Waals surface area contributed by atoms with Gasteiger partial charge in [-0.25, -0.2) is 4.39 Å². The van der Waals surface area contributed by atoms with E-state index in [0.29, 0.717) is 18.6 Å². The standard InChI is InChI=1S/C16H23FN2O/c1-12-9-18-7-3-4-14(18)11-19(12)10-13-8-15(20-2)5-6-16(13)17/h5-6,8,12,14H,3-4,7,9-11H2,1-2H3/t12-,14?/m0/s1. The van der Waals surface area contributed by atoms with Gasteiger partial charge >= 0.3 is 0 Å². The van der Waals surface area contributed by atoms with Gasteiger partial charge in [0, 0.05) is 37.3 Å². The summed E-state index contributed by atoms with van der Waals surface area (Å²) in [5.74, 6) is 0.598. The van der Waals surface area contributed by atoms with Gasteiger partial charge in [-0.1, -0.05) is 0 Å². The number of halogens is 1. The van der Waals surface area contributed by atoms with Crippen molar-refractivity contribution < 1.29 is 9.13 Å². The molecule has 1 aromatic rings. The minimum Gasteiger partial charge on any atom is -0.497 e. The summed E-state index contributed by atoms with van der Waals surface area (Å²) in [7, 11) is 1.62. The zero-order valence-electron chi connectivity index (χ0n) is 12.3. The summed E-state index contributed by atoms with van der Waals surface area (Å²) in [6, 6.07) is 6.15. The maximum absolute atomic E-state index is 14.0. The van der Waals surface area contributed by atoms with Crippen LogP contribution in [0.25, 0.3) is 0 Å². The number of fused-ring (bicyclic) bond motifs is 1. The molecule has 2 saturated heterocycles. The van der Waals surface area contributed by atoms with Crippen LogP contribution in [0, 0.1) is 5.82 Å². The van der Waals surface area contributed by atoms with E-state index in [9.17, 15) is 4.39 Å². The van der Waals surface area contributed by atoms with Gasteiger partial charge in [0.15, 0.2) is 0 Å². The molecule has 110 valence electrons. The molecule has 2 aliphatic rings. The molecule has 0 radical (unpaired) electrons. The fraction of sp³-hybridized carbons (Fsp3) is 0.625. The van der Waals surface area contributed by atoms with Crippen LogP contribution >= 0.6 is 0 Å². The van der Waals surface area contributed by atoms with Gasteiger partial charge in [-0.2, -0.15) is 0 Å². The molecular weight excluding hydrogens is 255 g/mol. The second-order valence-corrected chi connectivity index (χ2v) is 6.03. The molecule has 2 atom stereocenters. The predicted octanol–water partition coefficient (Wildman–Crippen LogP) is 2.50. The fourth-order valence-electron chi connectivity index (χ4n) is 3.49. The highest BCUT2D eigenvalue weighted by Crippen LogP contribution is 2.27. The number of rotatable bonds is 3. The van der Waals surface area contributed by atoms with Crippen molar-refractivity contribution in [3.8, 4) is 5.75 Å². The molecule has 0 aliphatic carbocycles. The number of ether oxygens (including phenoxy) is 1. The molecule has 3 rings (SSSR count). The van der Waals surface area contributed by atoms with Crippen molar-refractivity contribution in [2.75, 3.05) is 26.7 Å². The number of hydrogen-bond donors (Lipinski definition) is 0. The van der Waals surface area contributed by atoms with Crippen molar-refractivity contribution in [3.63, 3.8) is 0 Å². The van der Waals surface area contributed by atoms with Crippen LogP contribution < -0.4 is 4.74 Å². The van der Waals surface area contributed by atoms with E-state index >= 15 is 0 Å². The van der Waals surface area contributed by atoms with E-state index in [4.69, 9.17) is 4.74 Å². The van der Waals surface area contributed by atoms with E-state index in [1.165, 1.54) is 25.5 Å². The van der Waals surface area contributed by atoms with Crippen LogP contribution in [-0.2, 0) is 6.54 Å². The first kappa shape index (κ1) is 13.8. The second-order valence-electron chi connectivity index (χ2n) is 6.03. The normalized spacial score (nSPS) is 27.6. The highest BCUT2D eigenvalue weighted by atomic mass is 19.1. The van der Waals surface area contributed by atoms with E-state index in [1.807, 2.05) is 6.07 Å². The Bertz CT molecular complexity index is 480. The van der Waals surface area contributed by atoms with Crippen molar-refractivity contribution in [2.24, 2.45) is 0 Å². The fourth-order valence-corrected chi connectivity index (χ4v) is 3.49. The van der Waals surface area contributed by atoms with Crippen LogP contribution in [0.4, 0.5) is 4.39 Å². The predicted molar refractivity (Wildman–Crippen MR) is 77.4 cm³/mol. The average Bonchev–Trinajstić information content (AvgIpc) is 2.88. The first-order valence-electron chi connectivity index (χ1n) is 7.48. The Morgan fingerprint density at radius 1 is 1.35 bits per heavy atom. The Kier molecular flexibility index (Phi) is 3.94. The van der Waals surface area contributed by atoms with Gasteiger partial charge in [0.2, 0.25) is 0 Å². The minimum atomic E-state index is -0.133. The Morgan fingerprint density at radius 3 is 3.00 bits per heavy atom. The second kappa shape index (κ2) is 5.70. The molecule has 20 heavy (non-hydrogen) atoms. The third-order valence-electron chi connectivity index (χ3n) is 4.69. The average molecular weight is 278 g/mol. The lowest BCUT2D eigenvalue weighted by atomic mass is 10.1. The molecule has 2 aliphatic heterocycles. The Labute approximate surface area is 120 Å². The Balaban J connectivity index is 1.73. The van der Waals surface area contributed by atoms with E-state index in [2.05, 4.69) is 16.7 Å². The van der Waals surface area contributed by atoms with Crippen LogP contribution in [0.5, 0.6) is 5.75 Å². The zero-order valence-corrected chi connectivity index (χ0v) is 12.3. The summed E-state index contributed by atoms with van der Waals surface area (Å²) in [6.07, 6.45) is 2.59. The molecule has 3 nitrogen and oxygen atoms in total. The van der Waals surface area contributed by atoms with Crippen molar-refractivity contribution in [1.29, 1.82) is 0 Å². The summed E-state index contributed by atoms with van der Waals surface area (Å²) < 4.78 is 19.2. The molecule has 1 aromatic carbocycles. The number of methoxy groups -OCH3 is 1. The quantitative estimate of drug-likeness (QED) is 0.845. The number of benzene rings is 1. The molecule has 4 heteroatoms. The number of hydrogen-bond acceptors (Lipinski definition) is 3. The van der Waals surface area contributed by atoms with Gasteiger partial charge < -0.3 is 4.74 Å². The maximum Gasteiger partial charge on any atom is 0.127 e. The van der Waals surface area contributed by atoms with Gasteiger partial charge in [-0.05, 0) is 44.5 Å². The summed E-state index contributed by atoms with van der Waals surface area (Å²) >= 11 is 0. The summed E-state index contributed by atoms with van der Waals surface area (Å²) in [5.41, 5.74) is 0.739. The summed E-state index contributed by atoms with van der Waals surface area (Å²) in [4.78, 5) is 4.99. The molecular formula is C16H23FN2O. The maximum atomic E-state index is 14.0. The molecule has 0 amide bonds. The first-order valence-corrected chi connectivity index (χ1v) is 7.48. The van der Waals surface area contributed by atoms with Gasteiger partial charge in [0.25, 0.3) is 0 Å². The lowest BCUT2D eigenvalue weighted by Crippen LogP contribution is -2.54. The largest absolute Gasteiger partial charge is 0.497 e. The molecule has 0 saturated carbocycles. The first-order chi connectivity index (χ1) is 9.67. The van der Waals surface area contributed by atoms with Crippen molar-refractivity contribution in [1.82, 2.24) is 9.80 Å². The monoisotopic (exact) mass is 278 g/mol. The molecule has 0 N–H and O–H groups in total. The van der Waals surface area contributed by atoms with Crippen LogP contribution in [0.2, 0.25) is 0 Å². The minimum absolute atomic E-state index is 0.133. The van der Waals surface area contributed by atoms with Gasteiger partial charge in [0.1, 0.15) is 11.6 Å². The SMILES string of the molecule is COc1ccc(F)c(CN2CC3CCCN3C[C@@H]2C)c1. The molecule has 0 spiro atoms. The van der Waals surface area contributed by atoms with E-state index in [0.717, 1.165) is 24.4 Å². The van der Waals surface area contributed by atoms with Crippen molar-refractivity contribution in [2.45, 2.75) is 38.4 Å². The third-order valence-corrected chi connectivity index (χ3v) is 4.69. The molecule has 1 unspecified atom stereocenters. The molecule has 0 bridgehead atoms. The van der Waals surface area contributed by atoms with E-state index in [1.54, 1.807) is 13.2 Å². The highest BCUT2D eigenvalue weighted by Gasteiger charge is 2.34. The topological polar surface area (TPSA) is 15.7 Å². The van der Waals surface area contributed by atoms with Gasteiger partial charge in [-0.3, -0.25) is 9.80 Å². The van der Waals surface area contributed by atoms with Crippen LogP contribution in [0.1, 0.15) is 25.3 Å². The van der Waals surface area contributed by atoms with Crippen LogP contribution in [-0.4, -0.2) is 48.6 Å². The van der Waals surface area contributed by atoms with E-state index < -0.39 is 0 Å². The van der Waals surface area contributed by atoms with Crippen LogP contribution in [0.15, 0.2) is 18.2 Å². The van der Waals surface area contributed by atoms with Crippen molar-refractivity contribution in [3.05, 3.63) is 29.6 Å². The van der Waals surface area contributed by atoms with E-state index in [-0.39, 0.29) is 5.82 Å².